The first-order valence-electron chi connectivity index (χ1n) is 9.31. The summed E-state index contributed by atoms with van der Waals surface area (Å²) in [6.45, 7) is 5.96. The summed E-state index contributed by atoms with van der Waals surface area (Å²) in [5, 5.41) is 0. The van der Waals surface area contributed by atoms with Crippen molar-refractivity contribution >= 4 is 32.4 Å². The third kappa shape index (κ3) is 6.76. The summed E-state index contributed by atoms with van der Waals surface area (Å²) in [6, 6.07) is 13.0. The van der Waals surface area contributed by atoms with Crippen LogP contribution in [0.1, 0.15) is 33.1 Å². The predicted octanol–water partition coefficient (Wildman–Crippen LogP) is 5.34. The Hall–Kier alpha value is -1.12. The van der Waals surface area contributed by atoms with Crippen LogP contribution in [0.3, 0.4) is 0 Å². The Morgan fingerprint density at radius 3 is 2.37 bits per heavy atom. The van der Waals surface area contributed by atoms with E-state index in [-0.39, 0.29) is 5.75 Å². The Kier molecular flexibility index (Phi) is 9.05. The van der Waals surface area contributed by atoms with Gasteiger partial charge in [0.05, 0.1) is 20.8 Å². The molecule has 27 heavy (non-hydrogen) atoms. The van der Waals surface area contributed by atoms with E-state index in [1.54, 1.807) is 25.1 Å². The molecular formula is C21H27IO4S. The maximum atomic E-state index is 12.1. The number of rotatable bonds is 11. The van der Waals surface area contributed by atoms with Crippen molar-refractivity contribution in [3.63, 3.8) is 0 Å². The molecule has 0 aliphatic heterocycles. The van der Waals surface area contributed by atoms with Gasteiger partial charge in [-0.3, -0.25) is 0 Å². The molecule has 0 aliphatic rings. The molecule has 0 N–H and O–H groups in total. The van der Waals surface area contributed by atoms with Gasteiger partial charge >= 0.3 is 0 Å². The second kappa shape index (κ2) is 11.0. The minimum Gasteiger partial charge on any atom is -0.492 e. The van der Waals surface area contributed by atoms with E-state index in [2.05, 4.69) is 29.5 Å². The molecular weight excluding hydrogens is 475 g/mol. The highest BCUT2D eigenvalue weighted by Gasteiger charge is 2.13. The average Bonchev–Trinajstić information content (AvgIpc) is 2.68. The maximum Gasteiger partial charge on any atom is 0.178 e. The van der Waals surface area contributed by atoms with Gasteiger partial charge < -0.3 is 9.47 Å². The van der Waals surface area contributed by atoms with Crippen LogP contribution in [0.4, 0.5) is 0 Å². The molecule has 2 aromatic carbocycles. The number of benzene rings is 2. The van der Waals surface area contributed by atoms with Crippen LogP contribution in [0.5, 0.6) is 5.75 Å². The van der Waals surface area contributed by atoms with Gasteiger partial charge in [0, 0.05) is 19.6 Å². The second-order valence-electron chi connectivity index (χ2n) is 6.24. The van der Waals surface area contributed by atoms with Gasteiger partial charge in [-0.15, -0.1) is 0 Å². The van der Waals surface area contributed by atoms with Gasteiger partial charge in [0.15, 0.2) is 9.84 Å². The molecule has 0 aliphatic carbocycles. The molecule has 0 saturated carbocycles. The molecule has 0 fully saturated rings. The van der Waals surface area contributed by atoms with Crippen molar-refractivity contribution in [3.8, 4) is 16.9 Å². The SMILES string of the molecule is CCCCOCCCOc1ccc(-c2cccc(S(=O)(=O)CC)c2)cc1I. The minimum atomic E-state index is -3.21. The molecule has 0 unspecified atom stereocenters. The average molecular weight is 502 g/mol. The van der Waals surface area contributed by atoms with Crippen LogP contribution >= 0.6 is 22.6 Å². The van der Waals surface area contributed by atoms with Crippen LogP contribution < -0.4 is 4.74 Å². The lowest BCUT2D eigenvalue weighted by Crippen LogP contribution is -2.05. The number of hydrogen-bond acceptors (Lipinski definition) is 4. The smallest absolute Gasteiger partial charge is 0.178 e. The number of halogens is 1. The van der Waals surface area contributed by atoms with E-state index in [0.29, 0.717) is 18.1 Å². The highest BCUT2D eigenvalue weighted by atomic mass is 127. The Balaban J connectivity index is 1.99. The zero-order valence-corrected chi connectivity index (χ0v) is 18.9. The van der Waals surface area contributed by atoms with Crippen LogP contribution in [0.2, 0.25) is 0 Å². The zero-order chi connectivity index (χ0) is 19.7. The monoisotopic (exact) mass is 502 g/mol. The second-order valence-corrected chi connectivity index (χ2v) is 9.68. The fraction of sp³-hybridized carbons (Fsp3) is 0.429. The van der Waals surface area contributed by atoms with Crippen LogP contribution in [0, 0.1) is 3.57 Å². The lowest BCUT2D eigenvalue weighted by molar-refractivity contribution is 0.117. The van der Waals surface area contributed by atoms with Gasteiger partial charge in [0.2, 0.25) is 0 Å². The number of unbranched alkanes of at least 4 members (excludes halogenated alkanes) is 1. The molecule has 0 aromatic heterocycles. The molecule has 0 saturated heterocycles. The normalized spacial score (nSPS) is 11.5. The maximum absolute atomic E-state index is 12.1. The van der Waals surface area contributed by atoms with Crippen molar-refractivity contribution in [1.82, 2.24) is 0 Å². The Morgan fingerprint density at radius 2 is 1.67 bits per heavy atom. The highest BCUT2D eigenvalue weighted by Crippen LogP contribution is 2.29. The number of sulfone groups is 1. The third-order valence-electron chi connectivity index (χ3n) is 4.17. The minimum absolute atomic E-state index is 0.100. The molecule has 0 atom stereocenters. The highest BCUT2D eigenvalue weighted by molar-refractivity contribution is 14.1. The van der Waals surface area contributed by atoms with E-state index >= 15 is 0 Å². The summed E-state index contributed by atoms with van der Waals surface area (Å²) < 4.78 is 36.6. The van der Waals surface area contributed by atoms with Crippen LogP contribution in [-0.2, 0) is 14.6 Å². The molecule has 0 bridgehead atoms. The summed E-state index contributed by atoms with van der Waals surface area (Å²) in [5.74, 6) is 0.938. The standard InChI is InChI=1S/C21H27IO4S/c1-3-5-12-25-13-7-14-26-21-11-10-18(16-20(21)22)17-8-6-9-19(15-17)27(23,24)4-2/h6,8-11,15-16H,3-5,7,12-14H2,1-2H3. The lowest BCUT2D eigenvalue weighted by Gasteiger charge is -2.11. The molecule has 0 radical (unpaired) electrons. The summed E-state index contributed by atoms with van der Waals surface area (Å²) in [5.41, 5.74) is 1.86. The van der Waals surface area contributed by atoms with Gasteiger partial charge in [-0.25, -0.2) is 8.42 Å². The van der Waals surface area contributed by atoms with E-state index in [1.807, 2.05) is 24.3 Å². The Morgan fingerprint density at radius 1 is 0.926 bits per heavy atom. The van der Waals surface area contributed by atoms with Crippen molar-refractivity contribution < 1.29 is 17.9 Å². The number of hydrogen-bond donors (Lipinski definition) is 0. The van der Waals surface area contributed by atoms with Gasteiger partial charge in [-0.05, 0) is 64.4 Å². The first kappa shape index (κ1) is 22.2. The van der Waals surface area contributed by atoms with Gasteiger partial charge in [-0.1, -0.05) is 38.5 Å². The largest absolute Gasteiger partial charge is 0.492 e. The van der Waals surface area contributed by atoms with Crippen LogP contribution in [0.25, 0.3) is 11.1 Å². The topological polar surface area (TPSA) is 52.6 Å². The fourth-order valence-corrected chi connectivity index (χ4v) is 4.12. The molecule has 2 rings (SSSR count). The summed E-state index contributed by atoms with van der Waals surface area (Å²) in [7, 11) is -3.21. The third-order valence-corrected chi connectivity index (χ3v) is 6.75. The summed E-state index contributed by atoms with van der Waals surface area (Å²) in [4.78, 5) is 0.362. The number of ether oxygens (including phenoxy) is 2. The molecule has 6 heteroatoms. The van der Waals surface area contributed by atoms with Crippen LogP contribution in [0.15, 0.2) is 47.4 Å². The first-order chi connectivity index (χ1) is 13.0. The van der Waals surface area contributed by atoms with E-state index in [1.165, 1.54) is 0 Å². The van der Waals surface area contributed by atoms with E-state index in [0.717, 1.165) is 46.3 Å². The van der Waals surface area contributed by atoms with E-state index < -0.39 is 9.84 Å². The van der Waals surface area contributed by atoms with Gasteiger partial charge in [0.25, 0.3) is 0 Å². The molecule has 0 spiro atoms. The molecule has 148 valence electrons. The lowest BCUT2D eigenvalue weighted by atomic mass is 10.1. The van der Waals surface area contributed by atoms with Crippen molar-refractivity contribution in [3.05, 3.63) is 46.0 Å². The van der Waals surface area contributed by atoms with E-state index in [4.69, 9.17) is 9.47 Å². The summed E-state index contributed by atoms with van der Waals surface area (Å²) in [6.07, 6.45) is 3.10. The quantitative estimate of drug-likeness (QED) is 0.308. The van der Waals surface area contributed by atoms with Crippen LogP contribution in [-0.4, -0.2) is 34.0 Å². The Bertz CT molecular complexity index is 834. The molecule has 0 amide bonds. The van der Waals surface area contributed by atoms with Crippen molar-refractivity contribution in [1.29, 1.82) is 0 Å². The van der Waals surface area contributed by atoms with Gasteiger partial charge in [0.1, 0.15) is 5.75 Å². The predicted molar refractivity (Wildman–Crippen MR) is 118 cm³/mol. The van der Waals surface area contributed by atoms with Gasteiger partial charge in [-0.2, -0.15) is 0 Å². The van der Waals surface area contributed by atoms with Crippen molar-refractivity contribution in [2.75, 3.05) is 25.6 Å². The van der Waals surface area contributed by atoms with E-state index in [9.17, 15) is 8.42 Å². The summed E-state index contributed by atoms with van der Waals surface area (Å²) >= 11 is 2.25. The molecule has 4 nitrogen and oxygen atoms in total. The first-order valence-corrected chi connectivity index (χ1v) is 12.0. The Labute approximate surface area is 176 Å². The fourth-order valence-electron chi connectivity index (χ4n) is 2.52. The molecule has 0 heterocycles. The van der Waals surface area contributed by atoms with Crippen molar-refractivity contribution in [2.45, 2.75) is 38.0 Å². The van der Waals surface area contributed by atoms with Crippen molar-refractivity contribution in [2.24, 2.45) is 0 Å². The zero-order valence-electron chi connectivity index (χ0n) is 15.9. The molecule has 2 aromatic rings.